The van der Waals surface area contributed by atoms with Crippen LogP contribution in [0, 0.1) is 6.92 Å². The van der Waals surface area contributed by atoms with Crippen LogP contribution in [-0.4, -0.2) is 31.6 Å². The first kappa shape index (κ1) is 17.1. The molecule has 8 heteroatoms. The SMILES string of the molecule is CCc1cc(=O)n(CCNC(=O)c2sc(-n3cccc3)nc2C)cn1. The minimum Gasteiger partial charge on any atom is -0.349 e. The molecule has 3 rings (SSSR count). The zero-order valence-corrected chi connectivity index (χ0v) is 14.9. The highest BCUT2D eigenvalue weighted by atomic mass is 32.1. The highest BCUT2D eigenvalue weighted by molar-refractivity contribution is 7.16. The number of amides is 1. The lowest BCUT2D eigenvalue weighted by Crippen LogP contribution is -2.30. The fourth-order valence-electron chi connectivity index (χ4n) is 2.36. The molecule has 0 aliphatic heterocycles. The van der Waals surface area contributed by atoms with E-state index < -0.39 is 0 Å². The Morgan fingerprint density at radius 3 is 2.76 bits per heavy atom. The second-order valence-corrected chi connectivity index (χ2v) is 6.50. The summed E-state index contributed by atoms with van der Waals surface area (Å²) in [6, 6.07) is 5.34. The molecular formula is C17H19N5O2S. The third-order valence-corrected chi connectivity index (χ3v) is 4.92. The lowest BCUT2D eigenvalue weighted by Gasteiger charge is -2.07. The van der Waals surface area contributed by atoms with Crippen LogP contribution in [0.15, 0.2) is 41.7 Å². The van der Waals surface area contributed by atoms with Crippen molar-refractivity contribution >= 4 is 17.2 Å². The third kappa shape index (κ3) is 3.85. The molecule has 0 fully saturated rings. The maximum atomic E-state index is 12.4. The van der Waals surface area contributed by atoms with Crippen LogP contribution in [0.3, 0.4) is 0 Å². The van der Waals surface area contributed by atoms with Gasteiger partial charge in [-0.1, -0.05) is 18.3 Å². The molecule has 3 aromatic heterocycles. The average Bonchev–Trinajstić information content (AvgIpc) is 3.25. The van der Waals surface area contributed by atoms with Crippen LogP contribution in [0.2, 0.25) is 0 Å². The number of carbonyl (C=O) groups is 1. The lowest BCUT2D eigenvalue weighted by atomic mass is 10.3. The number of aromatic nitrogens is 4. The Labute approximate surface area is 149 Å². The van der Waals surface area contributed by atoms with Gasteiger partial charge in [-0.3, -0.25) is 14.2 Å². The van der Waals surface area contributed by atoms with Crippen LogP contribution >= 0.6 is 11.3 Å². The molecule has 0 saturated carbocycles. The normalized spacial score (nSPS) is 10.8. The molecule has 0 saturated heterocycles. The van der Waals surface area contributed by atoms with Crippen molar-refractivity contribution in [2.75, 3.05) is 6.54 Å². The van der Waals surface area contributed by atoms with Crippen LogP contribution in [0.4, 0.5) is 0 Å². The molecule has 3 heterocycles. The summed E-state index contributed by atoms with van der Waals surface area (Å²) in [5, 5.41) is 3.59. The molecule has 130 valence electrons. The predicted octanol–water partition coefficient (Wildman–Crippen LogP) is 1.79. The molecule has 1 amide bonds. The van der Waals surface area contributed by atoms with E-state index in [1.54, 1.807) is 0 Å². The molecule has 0 spiro atoms. The highest BCUT2D eigenvalue weighted by Gasteiger charge is 2.15. The van der Waals surface area contributed by atoms with E-state index in [0.29, 0.717) is 23.7 Å². The van der Waals surface area contributed by atoms with E-state index in [9.17, 15) is 9.59 Å². The van der Waals surface area contributed by atoms with Gasteiger partial charge in [-0.25, -0.2) is 9.97 Å². The summed E-state index contributed by atoms with van der Waals surface area (Å²) in [7, 11) is 0. The smallest absolute Gasteiger partial charge is 0.263 e. The van der Waals surface area contributed by atoms with Gasteiger partial charge in [0.25, 0.3) is 11.5 Å². The van der Waals surface area contributed by atoms with Crippen molar-refractivity contribution in [1.82, 2.24) is 24.4 Å². The Morgan fingerprint density at radius 2 is 2.08 bits per heavy atom. The van der Waals surface area contributed by atoms with Gasteiger partial charge >= 0.3 is 0 Å². The van der Waals surface area contributed by atoms with Gasteiger partial charge in [0, 0.05) is 37.2 Å². The van der Waals surface area contributed by atoms with Gasteiger partial charge in [0.05, 0.1) is 12.0 Å². The second kappa shape index (κ2) is 7.43. The molecule has 3 aromatic rings. The summed E-state index contributed by atoms with van der Waals surface area (Å²) in [5.74, 6) is -0.181. The standard InChI is InChI=1S/C17H19N5O2S/c1-3-13-10-14(23)22(11-19-13)9-6-18-16(24)15-12(2)20-17(25-15)21-7-4-5-8-21/h4-5,7-8,10-11H,3,6,9H2,1-2H3,(H,18,24). The quantitative estimate of drug-likeness (QED) is 0.729. The summed E-state index contributed by atoms with van der Waals surface area (Å²) in [6.07, 6.45) is 6.02. The van der Waals surface area contributed by atoms with Gasteiger partial charge in [-0.05, 0) is 25.5 Å². The van der Waals surface area contributed by atoms with Gasteiger partial charge in [0.15, 0.2) is 5.13 Å². The predicted molar refractivity (Wildman–Crippen MR) is 96.4 cm³/mol. The maximum Gasteiger partial charge on any atom is 0.263 e. The molecule has 0 unspecified atom stereocenters. The average molecular weight is 357 g/mol. The molecule has 1 N–H and O–H groups in total. The Hall–Kier alpha value is -2.74. The van der Waals surface area contributed by atoms with Gasteiger partial charge in [-0.2, -0.15) is 0 Å². The number of nitrogens with zero attached hydrogens (tertiary/aromatic N) is 4. The maximum absolute atomic E-state index is 12.4. The molecule has 0 radical (unpaired) electrons. The number of carbonyl (C=O) groups excluding carboxylic acids is 1. The molecule has 25 heavy (non-hydrogen) atoms. The van der Waals surface area contributed by atoms with Gasteiger partial charge < -0.3 is 9.88 Å². The number of thiazole rings is 1. The Bertz CT molecular complexity index is 927. The van der Waals surface area contributed by atoms with E-state index in [2.05, 4.69) is 15.3 Å². The minimum absolute atomic E-state index is 0.107. The number of rotatable bonds is 6. The van der Waals surface area contributed by atoms with Crippen molar-refractivity contribution in [2.24, 2.45) is 0 Å². The van der Waals surface area contributed by atoms with Crippen LogP contribution in [-0.2, 0) is 13.0 Å². The molecular weight excluding hydrogens is 338 g/mol. The van der Waals surface area contributed by atoms with Gasteiger partial charge in [0.1, 0.15) is 4.88 Å². The van der Waals surface area contributed by atoms with Crippen molar-refractivity contribution in [1.29, 1.82) is 0 Å². The van der Waals surface area contributed by atoms with Crippen LogP contribution < -0.4 is 10.9 Å². The van der Waals surface area contributed by atoms with Crippen molar-refractivity contribution in [3.05, 3.63) is 63.5 Å². The van der Waals surface area contributed by atoms with Gasteiger partial charge in [0.2, 0.25) is 0 Å². The summed E-state index contributed by atoms with van der Waals surface area (Å²) < 4.78 is 3.36. The van der Waals surface area contributed by atoms with Crippen molar-refractivity contribution in [2.45, 2.75) is 26.8 Å². The van der Waals surface area contributed by atoms with E-state index in [0.717, 1.165) is 17.2 Å². The van der Waals surface area contributed by atoms with E-state index in [4.69, 9.17) is 0 Å². The number of aryl methyl sites for hydroxylation is 2. The number of hydrogen-bond acceptors (Lipinski definition) is 5. The molecule has 0 atom stereocenters. The number of hydrogen-bond donors (Lipinski definition) is 1. The van der Waals surface area contributed by atoms with E-state index in [-0.39, 0.29) is 11.5 Å². The van der Waals surface area contributed by atoms with Crippen LogP contribution in [0.5, 0.6) is 0 Å². The van der Waals surface area contributed by atoms with Crippen LogP contribution in [0.1, 0.15) is 28.0 Å². The summed E-state index contributed by atoms with van der Waals surface area (Å²) >= 11 is 1.34. The lowest BCUT2D eigenvalue weighted by molar-refractivity contribution is 0.0955. The fourth-order valence-corrected chi connectivity index (χ4v) is 3.31. The number of nitrogens with one attached hydrogen (secondary N) is 1. The molecule has 0 bridgehead atoms. The molecule has 0 aliphatic rings. The molecule has 7 nitrogen and oxygen atoms in total. The molecule has 0 aromatic carbocycles. The van der Waals surface area contributed by atoms with E-state index in [1.807, 2.05) is 42.9 Å². The Morgan fingerprint density at radius 1 is 1.32 bits per heavy atom. The Kier molecular flexibility index (Phi) is 5.08. The first-order valence-electron chi connectivity index (χ1n) is 8.03. The van der Waals surface area contributed by atoms with Crippen molar-refractivity contribution < 1.29 is 4.79 Å². The van der Waals surface area contributed by atoms with E-state index >= 15 is 0 Å². The topological polar surface area (TPSA) is 81.8 Å². The fraction of sp³-hybridized carbons (Fsp3) is 0.294. The van der Waals surface area contributed by atoms with Crippen molar-refractivity contribution in [3.63, 3.8) is 0 Å². The first-order valence-corrected chi connectivity index (χ1v) is 8.84. The minimum atomic E-state index is -0.181. The van der Waals surface area contributed by atoms with Crippen LogP contribution in [0.25, 0.3) is 5.13 Å². The van der Waals surface area contributed by atoms with Gasteiger partial charge in [-0.15, -0.1) is 0 Å². The summed E-state index contributed by atoms with van der Waals surface area (Å²) in [6.45, 7) is 4.49. The van der Waals surface area contributed by atoms with Crippen molar-refractivity contribution in [3.8, 4) is 5.13 Å². The first-order chi connectivity index (χ1) is 12.1. The zero-order valence-electron chi connectivity index (χ0n) is 14.1. The third-order valence-electron chi connectivity index (χ3n) is 3.75. The highest BCUT2D eigenvalue weighted by Crippen LogP contribution is 2.21. The monoisotopic (exact) mass is 357 g/mol. The summed E-state index contributed by atoms with van der Waals surface area (Å²) in [5.41, 5.74) is 1.35. The Balaban J connectivity index is 1.62. The summed E-state index contributed by atoms with van der Waals surface area (Å²) in [4.78, 5) is 33.5. The molecule has 0 aliphatic carbocycles. The largest absolute Gasteiger partial charge is 0.349 e. The zero-order chi connectivity index (χ0) is 17.8. The second-order valence-electron chi connectivity index (χ2n) is 5.52. The van der Waals surface area contributed by atoms with E-state index in [1.165, 1.54) is 28.3 Å².